The molecule has 3 atom stereocenters. The average molecular weight is 442 g/mol. The molecule has 164 valence electrons. The lowest BCUT2D eigenvalue weighted by molar-refractivity contribution is -0.190. The fraction of sp³-hybridized carbons (Fsp3) is 0.318. The van der Waals surface area contributed by atoms with Crippen LogP contribution >= 0.6 is 0 Å². The summed E-state index contributed by atoms with van der Waals surface area (Å²) in [7, 11) is 0. The van der Waals surface area contributed by atoms with E-state index in [0.717, 1.165) is 11.8 Å². The number of rotatable bonds is 3. The predicted molar refractivity (Wildman–Crippen MR) is 109 cm³/mol. The van der Waals surface area contributed by atoms with Crippen molar-refractivity contribution in [3.05, 3.63) is 60.0 Å². The second kappa shape index (κ2) is 6.94. The minimum Gasteiger partial charge on any atom is -0.311 e. The number of likely N-dealkylation sites (tertiary alicyclic amines) is 1. The average Bonchev–Trinajstić information content (AvgIpc) is 3.48. The first-order chi connectivity index (χ1) is 15.4. The molecule has 0 aliphatic carbocycles. The zero-order valence-electron chi connectivity index (χ0n) is 16.7. The van der Waals surface area contributed by atoms with Crippen LogP contribution in [0, 0.1) is 5.82 Å². The highest BCUT2D eigenvalue weighted by Crippen LogP contribution is 2.42. The lowest BCUT2D eigenvalue weighted by Gasteiger charge is -2.36. The van der Waals surface area contributed by atoms with Crippen LogP contribution in [0.1, 0.15) is 18.0 Å². The maximum Gasteiger partial charge on any atom is 0.408 e. The zero-order valence-corrected chi connectivity index (χ0v) is 16.7. The first-order valence-electron chi connectivity index (χ1n) is 10.3. The van der Waals surface area contributed by atoms with Gasteiger partial charge in [0.2, 0.25) is 0 Å². The summed E-state index contributed by atoms with van der Waals surface area (Å²) >= 11 is 0. The van der Waals surface area contributed by atoms with Gasteiger partial charge in [-0.25, -0.2) is 9.37 Å². The number of halogens is 4. The van der Waals surface area contributed by atoms with Crippen LogP contribution in [-0.2, 0) is 0 Å². The Balaban J connectivity index is 1.45. The van der Waals surface area contributed by atoms with Crippen LogP contribution < -0.4 is 5.32 Å². The van der Waals surface area contributed by atoms with Crippen molar-refractivity contribution >= 4 is 16.6 Å². The predicted octanol–water partition coefficient (Wildman–Crippen LogP) is 3.73. The van der Waals surface area contributed by atoms with Gasteiger partial charge in [0.25, 0.3) is 0 Å². The molecule has 2 bridgehead atoms. The highest BCUT2D eigenvalue weighted by atomic mass is 19.4. The van der Waals surface area contributed by atoms with E-state index in [-0.39, 0.29) is 17.6 Å². The number of nitrogens with zero attached hydrogens (tertiary/aromatic N) is 5. The maximum absolute atomic E-state index is 14.2. The van der Waals surface area contributed by atoms with Gasteiger partial charge in [-0.15, -0.1) is 10.2 Å². The van der Waals surface area contributed by atoms with E-state index in [9.17, 15) is 17.6 Å². The number of fused-ring (bicyclic) bond motifs is 4. The van der Waals surface area contributed by atoms with Crippen molar-refractivity contribution in [2.75, 3.05) is 13.1 Å². The van der Waals surface area contributed by atoms with Gasteiger partial charge in [0.1, 0.15) is 17.6 Å². The van der Waals surface area contributed by atoms with Gasteiger partial charge in [-0.05, 0) is 36.2 Å². The van der Waals surface area contributed by atoms with Gasteiger partial charge in [-0.1, -0.05) is 12.1 Å². The van der Waals surface area contributed by atoms with E-state index in [1.165, 1.54) is 34.9 Å². The van der Waals surface area contributed by atoms with E-state index < -0.39 is 18.0 Å². The summed E-state index contributed by atoms with van der Waals surface area (Å²) in [6.45, 7) is 0.925. The standard InChI is InChI=1S/C22H18F4N6/c23-14-4-1-12-2-5-17(28-18(12)7-14)21-30-29-19-6-3-13(10-32(19)21)20(22(24,25)26)31-11-15-8-16(31)9-27-15/h1-7,10,15-16,20,27H,8-9,11H2. The summed E-state index contributed by atoms with van der Waals surface area (Å²) in [6, 6.07) is 9.01. The smallest absolute Gasteiger partial charge is 0.311 e. The molecule has 2 aliphatic heterocycles. The summed E-state index contributed by atoms with van der Waals surface area (Å²) < 4.78 is 57.7. The second-order valence-electron chi connectivity index (χ2n) is 8.38. The van der Waals surface area contributed by atoms with Crippen molar-refractivity contribution in [1.82, 2.24) is 29.8 Å². The van der Waals surface area contributed by atoms with Crippen LogP contribution in [-0.4, -0.2) is 55.8 Å². The molecule has 2 aliphatic rings. The number of nitrogens with one attached hydrogen (secondary N) is 1. The van der Waals surface area contributed by atoms with Crippen molar-refractivity contribution in [1.29, 1.82) is 0 Å². The molecule has 6 nitrogen and oxygen atoms in total. The highest BCUT2D eigenvalue weighted by Gasteiger charge is 2.51. The first kappa shape index (κ1) is 19.6. The molecule has 1 aromatic carbocycles. The molecule has 10 heteroatoms. The van der Waals surface area contributed by atoms with E-state index in [1.54, 1.807) is 23.1 Å². The zero-order chi connectivity index (χ0) is 22.0. The highest BCUT2D eigenvalue weighted by molar-refractivity contribution is 5.81. The molecule has 4 aromatic rings. The maximum atomic E-state index is 14.2. The number of pyridine rings is 2. The lowest BCUT2D eigenvalue weighted by Crippen LogP contribution is -2.49. The third-order valence-corrected chi connectivity index (χ3v) is 6.36. The second-order valence-corrected chi connectivity index (χ2v) is 8.38. The van der Waals surface area contributed by atoms with Gasteiger partial charge in [0.15, 0.2) is 11.5 Å². The van der Waals surface area contributed by atoms with Gasteiger partial charge >= 0.3 is 6.18 Å². The van der Waals surface area contributed by atoms with Crippen molar-refractivity contribution in [3.8, 4) is 11.5 Å². The fourth-order valence-electron chi connectivity index (χ4n) is 4.94. The van der Waals surface area contributed by atoms with Crippen molar-refractivity contribution in [2.24, 2.45) is 0 Å². The Morgan fingerprint density at radius 3 is 2.66 bits per heavy atom. The Hall–Kier alpha value is -3.11. The third-order valence-electron chi connectivity index (χ3n) is 6.36. The van der Waals surface area contributed by atoms with Crippen LogP contribution in [0.4, 0.5) is 17.6 Å². The van der Waals surface area contributed by atoms with Crippen LogP contribution in [0.2, 0.25) is 0 Å². The van der Waals surface area contributed by atoms with Crippen molar-refractivity contribution in [2.45, 2.75) is 30.7 Å². The first-order valence-corrected chi connectivity index (χ1v) is 10.3. The number of benzene rings is 1. The molecule has 0 amide bonds. The van der Waals surface area contributed by atoms with E-state index in [0.29, 0.717) is 35.8 Å². The van der Waals surface area contributed by atoms with Gasteiger partial charge in [-0.2, -0.15) is 13.2 Å². The molecule has 3 unspecified atom stereocenters. The molecule has 2 saturated heterocycles. The van der Waals surface area contributed by atoms with E-state index in [1.807, 2.05) is 0 Å². The molecule has 2 fully saturated rings. The number of hydrogen-bond acceptors (Lipinski definition) is 5. The monoisotopic (exact) mass is 442 g/mol. The van der Waals surface area contributed by atoms with Crippen LogP contribution in [0.3, 0.4) is 0 Å². The van der Waals surface area contributed by atoms with Crippen LogP contribution in [0.5, 0.6) is 0 Å². The number of piperazine rings is 1. The van der Waals surface area contributed by atoms with E-state index in [4.69, 9.17) is 0 Å². The van der Waals surface area contributed by atoms with E-state index >= 15 is 0 Å². The molecule has 0 spiro atoms. The molecule has 0 radical (unpaired) electrons. The minimum absolute atomic E-state index is 0.0984. The Morgan fingerprint density at radius 1 is 1.06 bits per heavy atom. The SMILES string of the molecule is Fc1ccc2ccc(-c3nnc4ccc(C(N5CC6CC5CN6)C(F)(F)F)cn34)nc2c1. The third kappa shape index (κ3) is 3.13. The van der Waals surface area contributed by atoms with Gasteiger partial charge in [0.05, 0.1) is 5.52 Å². The Morgan fingerprint density at radius 2 is 1.91 bits per heavy atom. The topological polar surface area (TPSA) is 58.4 Å². The Bertz CT molecular complexity index is 1330. The largest absolute Gasteiger partial charge is 0.408 e. The van der Waals surface area contributed by atoms with Crippen molar-refractivity contribution < 1.29 is 17.6 Å². The molecule has 6 rings (SSSR count). The summed E-state index contributed by atoms with van der Waals surface area (Å²) in [6.07, 6.45) is -2.25. The molecular weight excluding hydrogens is 424 g/mol. The lowest BCUT2D eigenvalue weighted by atomic mass is 10.1. The fourth-order valence-corrected chi connectivity index (χ4v) is 4.94. The van der Waals surface area contributed by atoms with Gasteiger partial charge in [0, 0.05) is 42.8 Å². The summed E-state index contributed by atoms with van der Waals surface area (Å²) in [5, 5.41) is 12.2. The molecular formula is C22H18F4N6. The van der Waals surface area contributed by atoms with Crippen molar-refractivity contribution in [3.63, 3.8) is 0 Å². The van der Waals surface area contributed by atoms with E-state index in [2.05, 4.69) is 20.5 Å². The Labute approximate surface area is 179 Å². The van der Waals surface area contributed by atoms with Gasteiger partial charge < -0.3 is 5.32 Å². The number of alkyl halides is 3. The minimum atomic E-state index is -4.43. The number of hydrogen-bond donors (Lipinski definition) is 1. The molecule has 32 heavy (non-hydrogen) atoms. The van der Waals surface area contributed by atoms with Crippen LogP contribution in [0.15, 0.2) is 48.7 Å². The molecule has 5 heterocycles. The molecule has 0 saturated carbocycles. The summed E-state index contributed by atoms with van der Waals surface area (Å²) in [5.74, 6) is -0.114. The van der Waals surface area contributed by atoms with Gasteiger partial charge in [-0.3, -0.25) is 9.30 Å². The Kier molecular flexibility index (Phi) is 4.25. The normalized spacial score (nSPS) is 22.2. The quantitative estimate of drug-likeness (QED) is 0.490. The summed E-state index contributed by atoms with van der Waals surface area (Å²) in [5.41, 5.74) is 1.38. The molecule has 1 N–H and O–H groups in total. The van der Waals surface area contributed by atoms with Crippen LogP contribution in [0.25, 0.3) is 28.1 Å². The molecule has 3 aromatic heterocycles. The number of aromatic nitrogens is 4. The summed E-state index contributed by atoms with van der Waals surface area (Å²) in [4.78, 5) is 6.00.